The van der Waals surface area contributed by atoms with Crippen LogP contribution in [0.1, 0.15) is 11.1 Å². The van der Waals surface area contributed by atoms with Gasteiger partial charge in [0.2, 0.25) is 10.8 Å². The van der Waals surface area contributed by atoms with Gasteiger partial charge in [-0.05, 0) is 48.9 Å². The Kier molecular flexibility index (Phi) is 5.94. The number of rotatable bonds is 4. The number of para-hydroxylation sites is 1. The molecule has 2 amide bonds. The molecule has 3 aliphatic heterocycles. The molecule has 0 saturated carbocycles. The van der Waals surface area contributed by atoms with Gasteiger partial charge in [-0.25, -0.2) is 0 Å². The van der Waals surface area contributed by atoms with Crippen LogP contribution >= 0.6 is 23.4 Å². The van der Waals surface area contributed by atoms with E-state index in [1.54, 1.807) is 4.90 Å². The molecule has 2 saturated heterocycles. The molecule has 6 nitrogen and oxygen atoms in total. The Labute approximate surface area is 220 Å². The molecule has 3 heterocycles. The summed E-state index contributed by atoms with van der Waals surface area (Å²) in [6.07, 6.45) is 0. The molecular weight excluding hydrogens is 492 g/mol. The summed E-state index contributed by atoms with van der Waals surface area (Å²) in [6.45, 7) is 5.88. The summed E-state index contributed by atoms with van der Waals surface area (Å²) in [4.78, 5) is 34.6. The second-order valence-electron chi connectivity index (χ2n) is 9.48. The van der Waals surface area contributed by atoms with Crippen molar-refractivity contribution >= 4 is 52.2 Å². The average molecular weight is 519 g/mol. The van der Waals surface area contributed by atoms with Gasteiger partial charge < -0.3 is 4.90 Å². The third-order valence-electron chi connectivity index (χ3n) is 7.21. The van der Waals surface area contributed by atoms with Crippen LogP contribution in [-0.4, -0.2) is 55.3 Å². The molecule has 184 valence electrons. The fourth-order valence-electron chi connectivity index (χ4n) is 5.48. The standard InChI is InChI=1S/C28H27ClN4O2S/c1-20-6-4-9-23(16-20)33-26(34)18-36-28(33)24-10-2-3-11-25(24)32(27(28)35)19-30-12-14-31(15-13-30)22-8-5-7-21(29)17-22/h2-11,16-17H,12-15,18-19H2,1H3. The van der Waals surface area contributed by atoms with Crippen LogP contribution in [0.25, 0.3) is 0 Å². The molecule has 0 aliphatic carbocycles. The summed E-state index contributed by atoms with van der Waals surface area (Å²) in [5, 5.41) is 0.737. The van der Waals surface area contributed by atoms with Crippen molar-refractivity contribution in [2.24, 2.45) is 0 Å². The van der Waals surface area contributed by atoms with E-state index < -0.39 is 4.87 Å². The fraction of sp³-hybridized carbons (Fsp3) is 0.286. The van der Waals surface area contributed by atoms with E-state index in [1.165, 1.54) is 11.8 Å². The SMILES string of the molecule is Cc1cccc(N2C(=O)CSC23C(=O)N(CN2CCN(c4cccc(Cl)c4)CC2)c2ccccc23)c1. The largest absolute Gasteiger partial charge is 0.369 e. The van der Waals surface area contributed by atoms with Crippen molar-refractivity contribution in [1.82, 2.24) is 4.90 Å². The zero-order valence-electron chi connectivity index (χ0n) is 20.1. The first kappa shape index (κ1) is 23.4. The summed E-state index contributed by atoms with van der Waals surface area (Å²) in [5.74, 6) is 0.198. The van der Waals surface area contributed by atoms with Crippen molar-refractivity contribution in [2.45, 2.75) is 11.8 Å². The van der Waals surface area contributed by atoms with E-state index in [1.807, 2.05) is 78.6 Å². The minimum absolute atomic E-state index is 0.0364. The molecule has 1 atom stereocenters. The molecule has 3 aromatic rings. The zero-order chi connectivity index (χ0) is 24.9. The predicted molar refractivity (Wildman–Crippen MR) is 147 cm³/mol. The smallest absolute Gasteiger partial charge is 0.269 e. The van der Waals surface area contributed by atoms with Gasteiger partial charge in [-0.2, -0.15) is 0 Å². The lowest BCUT2D eigenvalue weighted by Crippen LogP contribution is -2.54. The van der Waals surface area contributed by atoms with Gasteiger partial charge in [-0.15, -0.1) is 11.8 Å². The molecule has 3 aromatic carbocycles. The minimum atomic E-state index is -1.07. The number of carbonyl (C=O) groups is 2. The van der Waals surface area contributed by atoms with Crippen molar-refractivity contribution in [2.75, 3.05) is 53.3 Å². The molecule has 2 fully saturated rings. The van der Waals surface area contributed by atoms with Crippen LogP contribution < -0.4 is 14.7 Å². The van der Waals surface area contributed by atoms with Gasteiger partial charge in [0.25, 0.3) is 5.91 Å². The van der Waals surface area contributed by atoms with Crippen LogP contribution in [0.4, 0.5) is 17.1 Å². The highest BCUT2D eigenvalue weighted by molar-refractivity contribution is 8.02. The summed E-state index contributed by atoms with van der Waals surface area (Å²) in [5.41, 5.74) is 4.73. The quantitative estimate of drug-likeness (QED) is 0.500. The molecule has 36 heavy (non-hydrogen) atoms. The monoisotopic (exact) mass is 518 g/mol. The van der Waals surface area contributed by atoms with Crippen LogP contribution in [-0.2, 0) is 14.5 Å². The fourth-order valence-corrected chi connectivity index (χ4v) is 7.03. The number of benzene rings is 3. The predicted octanol–water partition coefficient (Wildman–Crippen LogP) is 4.71. The summed E-state index contributed by atoms with van der Waals surface area (Å²) in [6, 6.07) is 23.7. The Morgan fingerprint density at radius 1 is 0.889 bits per heavy atom. The maximum absolute atomic E-state index is 14.3. The topological polar surface area (TPSA) is 47.1 Å². The van der Waals surface area contributed by atoms with E-state index in [2.05, 4.69) is 15.9 Å². The molecule has 1 spiro atoms. The van der Waals surface area contributed by atoms with Crippen molar-refractivity contribution < 1.29 is 9.59 Å². The van der Waals surface area contributed by atoms with E-state index in [9.17, 15) is 9.59 Å². The van der Waals surface area contributed by atoms with Crippen molar-refractivity contribution in [3.63, 3.8) is 0 Å². The first-order chi connectivity index (χ1) is 17.5. The van der Waals surface area contributed by atoms with Gasteiger partial charge in [-0.3, -0.25) is 24.3 Å². The summed E-state index contributed by atoms with van der Waals surface area (Å²) in [7, 11) is 0. The third kappa shape index (κ3) is 3.77. The highest BCUT2D eigenvalue weighted by Gasteiger charge is 2.61. The minimum Gasteiger partial charge on any atom is -0.369 e. The molecule has 0 bridgehead atoms. The van der Waals surface area contributed by atoms with E-state index >= 15 is 0 Å². The number of thioether (sulfide) groups is 1. The van der Waals surface area contributed by atoms with Crippen molar-refractivity contribution in [1.29, 1.82) is 0 Å². The van der Waals surface area contributed by atoms with Crippen LogP contribution in [0.5, 0.6) is 0 Å². The van der Waals surface area contributed by atoms with Crippen LogP contribution in [0.15, 0.2) is 72.8 Å². The molecular formula is C28H27ClN4O2S. The Hall–Kier alpha value is -3.00. The summed E-state index contributed by atoms with van der Waals surface area (Å²) >= 11 is 7.62. The van der Waals surface area contributed by atoms with Crippen molar-refractivity contribution in [3.8, 4) is 0 Å². The maximum Gasteiger partial charge on any atom is 0.269 e. The van der Waals surface area contributed by atoms with E-state index in [4.69, 9.17) is 11.6 Å². The van der Waals surface area contributed by atoms with Crippen LogP contribution in [0, 0.1) is 6.92 Å². The van der Waals surface area contributed by atoms with Gasteiger partial charge in [0.1, 0.15) is 0 Å². The molecule has 3 aliphatic rings. The van der Waals surface area contributed by atoms with Gasteiger partial charge >= 0.3 is 0 Å². The maximum atomic E-state index is 14.3. The van der Waals surface area contributed by atoms with Gasteiger partial charge in [0.05, 0.1) is 18.1 Å². The number of piperazine rings is 1. The molecule has 8 heteroatoms. The first-order valence-electron chi connectivity index (χ1n) is 12.2. The van der Waals surface area contributed by atoms with Crippen LogP contribution in [0.2, 0.25) is 5.02 Å². The molecule has 0 aromatic heterocycles. The van der Waals surface area contributed by atoms with Crippen molar-refractivity contribution in [3.05, 3.63) is 88.9 Å². The Balaban J connectivity index is 1.28. The lowest BCUT2D eigenvalue weighted by Gasteiger charge is -2.38. The van der Waals surface area contributed by atoms with E-state index in [0.717, 1.165) is 59.4 Å². The number of nitrogens with zero attached hydrogens (tertiary/aromatic N) is 4. The molecule has 6 rings (SSSR count). The first-order valence-corrected chi connectivity index (χ1v) is 13.5. The number of anilines is 3. The van der Waals surface area contributed by atoms with Gasteiger partial charge in [-0.1, -0.05) is 48.0 Å². The number of carbonyl (C=O) groups excluding carboxylic acids is 2. The lowest BCUT2D eigenvalue weighted by molar-refractivity contribution is -0.124. The normalized spacial score (nSPS) is 22.1. The third-order valence-corrected chi connectivity index (χ3v) is 8.83. The molecule has 0 N–H and O–H groups in total. The Morgan fingerprint density at radius 3 is 2.42 bits per heavy atom. The number of fused-ring (bicyclic) bond motifs is 2. The van der Waals surface area contributed by atoms with Gasteiger partial charge in [0, 0.05) is 48.1 Å². The molecule has 1 unspecified atom stereocenters. The Bertz CT molecular complexity index is 1340. The number of hydrogen-bond acceptors (Lipinski definition) is 5. The molecule has 0 radical (unpaired) electrons. The second-order valence-corrected chi connectivity index (χ2v) is 11.1. The highest BCUT2D eigenvalue weighted by Crippen LogP contribution is 2.55. The van der Waals surface area contributed by atoms with Gasteiger partial charge in [0.15, 0.2) is 0 Å². The average Bonchev–Trinajstić information content (AvgIpc) is 3.35. The van der Waals surface area contributed by atoms with E-state index in [0.29, 0.717) is 6.67 Å². The number of hydrogen-bond donors (Lipinski definition) is 0. The number of aryl methyl sites for hydroxylation is 1. The van der Waals surface area contributed by atoms with Crippen LogP contribution in [0.3, 0.4) is 0 Å². The number of amides is 2. The second kappa shape index (κ2) is 9.14. The summed E-state index contributed by atoms with van der Waals surface area (Å²) < 4.78 is 0. The zero-order valence-corrected chi connectivity index (χ0v) is 21.6. The lowest BCUT2D eigenvalue weighted by atomic mass is 10.0. The number of halogens is 1. The van der Waals surface area contributed by atoms with E-state index in [-0.39, 0.29) is 17.6 Å². The highest BCUT2D eigenvalue weighted by atomic mass is 35.5. The Morgan fingerprint density at radius 2 is 1.64 bits per heavy atom.